The molecule has 0 saturated carbocycles. The van der Waals surface area contributed by atoms with Crippen LogP contribution in [0.5, 0.6) is 0 Å². The van der Waals surface area contributed by atoms with Crippen molar-refractivity contribution in [1.82, 2.24) is 4.90 Å². The van der Waals surface area contributed by atoms with E-state index >= 15 is 0 Å². The smallest absolute Gasteiger partial charge is 0.159 e. The van der Waals surface area contributed by atoms with Crippen LogP contribution in [0, 0.1) is 11.6 Å². The number of aliphatic imine (C=N–C) groups is 2. The summed E-state index contributed by atoms with van der Waals surface area (Å²) in [7, 11) is 0. The van der Waals surface area contributed by atoms with Gasteiger partial charge in [-0.3, -0.25) is 9.98 Å². The number of allylic oxidation sites excluding steroid dienone is 2. The lowest BCUT2D eigenvalue weighted by atomic mass is 9.88. The fourth-order valence-corrected chi connectivity index (χ4v) is 4.78. The molecule has 5 nitrogen and oxygen atoms in total. The van der Waals surface area contributed by atoms with Crippen molar-refractivity contribution in [2.24, 2.45) is 15.7 Å². The predicted octanol–water partition coefficient (Wildman–Crippen LogP) is 4.80. The van der Waals surface area contributed by atoms with Crippen molar-refractivity contribution < 1.29 is 13.6 Å². The molecule has 32 heavy (non-hydrogen) atoms. The number of nitrogens with two attached hydrogens (primary N) is 1. The molecule has 1 saturated heterocycles. The van der Waals surface area contributed by atoms with Crippen molar-refractivity contribution in [3.05, 3.63) is 81.4 Å². The maximum Gasteiger partial charge on any atom is 0.159 e. The summed E-state index contributed by atoms with van der Waals surface area (Å²) in [5, 5.41) is 1.91. The van der Waals surface area contributed by atoms with E-state index in [0.29, 0.717) is 37.2 Å². The number of fused-ring (bicyclic) bond motifs is 1. The molecule has 3 heterocycles. The van der Waals surface area contributed by atoms with Crippen LogP contribution in [-0.2, 0) is 4.79 Å². The topological polar surface area (TPSA) is 71.0 Å². The van der Waals surface area contributed by atoms with Crippen LogP contribution in [0.25, 0.3) is 0 Å². The van der Waals surface area contributed by atoms with Gasteiger partial charge in [-0.05, 0) is 42.5 Å². The predicted molar refractivity (Wildman–Crippen MR) is 125 cm³/mol. The highest BCUT2D eigenvalue weighted by Gasteiger charge is 2.45. The summed E-state index contributed by atoms with van der Waals surface area (Å²) in [6, 6.07) is 3.26. The minimum absolute atomic E-state index is 0.362. The van der Waals surface area contributed by atoms with Gasteiger partial charge in [-0.25, -0.2) is 8.78 Å². The zero-order chi connectivity index (χ0) is 22.9. The molecule has 4 rings (SSSR count). The van der Waals surface area contributed by atoms with Gasteiger partial charge in [0.1, 0.15) is 18.2 Å². The number of nitrogens with zero attached hydrogens (tertiary/aromatic N) is 3. The van der Waals surface area contributed by atoms with Gasteiger partial charge < -0.3 is 15.4 Å². The minimum atomic E-state index is -0.926. The molecule has 3 aliphatic rings. The standard InChI is InChI=1S/C24H24F2N4OS/c1-3-11-32-15(2)23-29-22(16-5-6-17(25)18(26)12-16)21(19-7-9-28-19)20-13-24(27,8-4-10-31)14-30(20)23/h3,5-7,9-12,22H,2,4,8,13-14,27H2,1H3/b11-3-/t22?,24-/m0/s1. The number of hydrogen-bond donors (Lipinski definition) is 1. The molecule has 2 atom stereocenters. The third-order valence-corrected chi connectivity index (χ3v) is 6.62. The molecule has 0 aromatic heterocycles. The number of aldehydes is 1. The van der Waals surface area contributed by atoms with Gasteiger partial charge in [-0.1, -0.05) is 30.5 Å². The van der Waals surface area contributed by atoms with Gasteiger partial charge in [0.2, 0.25) is 0 Å². The zero-order valence-electron chi connectivity index (χ0n) is 17.7. The van der Waals surface area contributed by atoms with Crippen molar-refractivity contribution in [2.45, 2.75) is 37.8 Å². The van der Waals surface area contributed by atoms with Crippen LogP contribution in [0.3, 0.4) is 0 Å². The molecule has 2 N–H and O–H groups in total. The Morgan fingerprint density at radius 2 is 2.19 bits per heavy atom. The lowest BCUT2D eigenvalue weighted by Gasteiger charge is -2.34. The van der Waals surface area contributed by atoms with E-state index in [1.54, 1.807) is 12.3 Å². The van der Waals surface area contributed by atoms with Gasteiger partial charge in [-0.2, -0.15) is 0 Å². The van der Waals surface area contributed by atoms with Crippen molar-refractivity contribution in [3.8, 4) is 0 Å². The van der Waals surface area contributed by atoms with E-state index in [1.807, 2.05) is 29.4 Å². The first-order valence-corrected chi connectivity index (χ1v) is 11.2. The Hall–Kier alpha value is -2.84. The molecule has 0 bridgehead atoms. The first-order valence-electron chi connectivity index (χ1n) is 10.3. The number of halogens is 2. The van der Waals surface area contributed by atoms with Crippen LogP contribution in [-0.4, -0.2) is 35.3 Å². The Labute approximate surface area is 190 Å². The van der Waals surface area contributed by atoms with E-state index in [1.165, 1.54) is 17.8 Å². The lowest BCUT2D eigenvalue weighted by Crippen LogP contribution is -2.44. The second-order valence-corrected chi connectivity index (χ2v) is 9.06. The minimum Gasteiger partial charge on any atom is -0.327 e. The van der Waals surface area contributed by atoms with Gasteiger partial charge in [0.15, 0.2) is 11.6 Å². The quantitative estimate of drug-likeness (QED) is 0.573. The second-order valence-electron chi connectivity index (χ2n) is 8.06. The van der Waals surface area contributed by atoms with E-state index in [2.05, 4.69) is 11.6 Å². The molecule has 1 fully saturated rings. The van der Waals surface area contributed by atoms with Gasteiger partial charge in [0.25, 0.3) is 0 Å². The van der Waals surface area contributed by atoms with Crippen LogP contribution in [0.1, 0.15) is 37.8 Å². The van der Waals surface area contributed by atoms with Crippen LogP contribution in [0.4, 0.5) is 8.78 Å². The summed E-state index contributed by atoms with van der Waals surface area (Å²) in [6.45, 7) is 6.59. The molecule has 0 aliphatic carbocycles. The first kappa shape index (κ1) is 22.4. The number of amidine groups is 1. The molecule has 166 valence electrons. The molecule has 8 heteroatoms. The molecular formula is C24H24F2N4OS. The number of hydrogen-bond acceptors (Lipinski definition) is 6. The van der Waals surface area contributed by atoms with Crippen LogP contribution < -0.4 is 5.73 Å². The summed E-state index contributed by atoms with van der Waals surface area (Å²) in [6.07, 6.45) is 7.75. The third kappa shape index (κ3) is 4.12. The Bertz CT molecular complexity index is 1120. The number of rotatable bonds is 8. The first-order chi connectivity index (χ1) is 15.4. The fraction of sp³-hybridized carbons (Fsp3) is 0.292. The molecule has 0 amide bonds. The monoisotopic (exact) mass is 454 g/mol. The molecule has 1 aromatic rings. The highest BCUT2D eigenvalue weighted by atomic mass is 32.2. The number of thioether (sulfide) groups is 1. The van der Waals surface area contributed by atoms with Crippen molar-refractivity contribution in [1.29, 1.82) is 0 Å². The number of carbonyl (C=O) groups is 1. The Morgan fingerprint density at radius 3 is 2.81 bits per heavy atom. The summed E-state index contributed by atoms with van der Waals surface area (Å²) >= 11 is 1.44. The van der Waals surface area contributed by atoms with Crippen LogP contribution in [0.2, 0.25) is 0 Å². The molecule has 0 spiro atoms. The summed E-state index contributed by atoms with van der Waals surface area (Å²) in [5.41, 5.74) is 9.12. The van der Waals surface area contributed by atoms with Crippen LogP contribution in [0.15, 0.2) is 74.2 Å². The van der Waals surface area contributed by atoms with Crippen molar-refractivity contribution >= 4 is 30.1 Å². The highest BCUT2D eigenvalue weighted by molar-refractivity contribution is 8.06. The number of benzene rings is 1. The van der Waals surface area contributed by atoms with Crippen LogP contribution >= 0.6 is 11.8 Å². The van der Waals surface area contributed by atoms with E-state index in [0.717, 1.165) is 34.2 Å². The van der Waals surface area contributed by atoms with E-state index in [9.17, 15) is 13.6 Å². The Kier molecular flexibility index (Phi) is 6.26. The number of carbonyl (C=O) groups excluding carboxylic acids is 1. The Balaban J connectivity index is 1.85. The van der Waals surface area contributed by atoms with Gasteiger partial charge in [-0.15, -0.1) is 0 Å². The summed E-state index contributed by atoms with van der Waals surface area (Å²) in [4.78, 5) is 23.1. The molecule has 0 radical (unpaired) electrons. The largest absolute Gasteiger partial charge is 0.327 e. The van der Waals surface area contributed by atoms with E-state index < -0.39 is 23.2 Å². The average molecular weight is 455 g/mol. The molecule has 1 unspecified atom stereocenters. The highest BCUT2D eigenvalue weighted by Crippen LogP contribution is 2.47. The summed E-state index contributed by atoms with van der Waals surface area (Å²) < 4.78 is 27.8. The average Bonchev–Trinajstić information content (AvgIpc) is 3.09. The van der Waals surface area contributed by atoms with E-state index in [4.69, 9.17) is 10.7 Å². The molecule has 3 aliphatic heterocycles. The normalized spacial score (nSPS) is 24.4. The van der Waals surface area contributed by atoms with Gasteiger partial charge in [0.05, 0.1) is 5.70 Å². The SMILES string of the molecule is C=C(S/C=C\C)C1=NC(c2ccc(F)c(F)c2)C(C2=CC=N2)=C2C[C@@](N)(CCC=O)CN12. The maximum atomic E-state index is 14.1. The van der Waals surface area contributed by atoms with Gasteiger partial charge >= 0.3 is 0 Å². The summed E-state index contributed by atoms with van der Waals surface area (Å²) in [5.74, 6) is -1.19. The van der Waals surface area contributed by atoms with Crippen molar-refractivity contribution in [3.63, 3.8) is 0 Å². The Morgan fingerprint density at radius 1 is 1.41 bits per heavy atom. The third-order valence-electron chi connectivity index (χ3n) is 5.75. The zero-order valence-corrected chi connectivity index (χ0v) is 18.5. The van der Waals surface area contributed by atoms with Crippen molar-refractivity contribution in [2.75, 3.05) is 6.54 Å². The van der Waals surface area contributed by atoms with Gasteiger partial charge in [0, 0.05) is 47.3 Å². The van der Waals surface area contributed by atoms with E-state index in [-0.39, 0.29) is 0 Å². The second kappa shape index (κ2) is 8.96. The lowest BCUT2D eigenvalue weighted by molar-refractivity contribution is -0.108. The maximum absolute atomic E-state index is 14.1. The molecule has 1 aromatic carbocycles. The molecular weight excluding hydrogens is 430 g/mol. The fourth-order valence-electron chi connectivity index (χ4n) is 4.21.